The fraction of sp³-hybridized carbons (Fsp3) is 0.304. The first-order chi connectivity index (χ1) is 14.0. The molecule has 6 heteroatoms. The maximum atomic E-state index is 11.8. The molecule has 0 bridgehead atoms. The van der Waals surface area contributed by atoms with Crippen molar-refractivity contribution in [1.82, 2.24) is 15.2 Å². The lowest BCUT2D eigenvalue weighted by molar-refractivity contribution is 0.645. The maximum absolute atomic E-state index is 11.8. The molecule has 1 atom stereocenters. The van der Waals surface area contributed by atoms with Gasteiger partial charge in [0.05, 0.1) is 6.54 Å². The van der Waals surface area contributed by atoms with Crippen molar-refractivity contribution in [3.05, 3.63) is 92.0 Å². The predicted octanol–water partition coefficient (Wildman–Crippen LogP) is 3.56. The first kappa shape index (κ1) is 20.9. The Morgan fingerprint density at radius 1 is 1.10 bits per heavy atom. The highest BCUT2D eigenvalue weighted by Gasteiger charge is 2.08. The van der Waals surface area contributed by atoms with Crippen LogP contribution in [0.3, 0.4) is 0 Å². The molecule has 0 fully saturated rings. The summed E-state index contributed by atoms with van der Waals surface area (Å²) in [5.41, 5.74) is 2.28. The van der Waals surface area contributed by atoms with Gasteiger partial charge in [-0.15, -0.1) is 11.3 Å². The van der Waals surface area contributed by atoms with E-state index in [1.807, 2.05) is 23.6 Å². The fourth-order valence-electron chi connectivity index (χ4n) is 3.11. The van der Waals surface area contributed by atoms with Gasteiger partial charge in [-0.1, -0.05) is 30.3 Å². The monoisotopic (exact) mass is 408 g/mol. The van der Waals surface area contributed by atoms with Crippen LogP contribution in [0.5, 0.6) is 0 Å². The lowest BCUT2D eigenvalue weighted by Crippen LogP contribution is -2.42. The van der Waals surface area contributed by atoms with E-state index in [4.69, 9.17) is 0 Å². The largest absolute Gasteiger partial charge is 0.354 e. The van der Waals surface area contributed by atoms with E-state index in [0.717, 1.165) is 17.9 Å². The van der Waals surface area contributed by atoms with E-state index in [-0.39, 0.29) is 5.56 Å². The van der Waals surface area contributed by atoms with Crippen molar-refractivity contribution in [3.63, 3.8) is 0 Å². The molecule has 1 unspecified atom stereocenters. The molecule has 0 aliphatic heterocycles. The summed E-state index contributed by atoms with van der Waals surface area (Å²) >= 11 is 1.84. The van der Waals surface area contributed by atoms with Gasteiger partial charge < -0.3 is 15.2 Å². The number of hydrogen-bond donors (Lipinski definition) is 2. The van der Waals surface area contributed by atoms with Gasteiger partial charge in [-0.05, 0) is 43.2 Å². The van der Waals surface area contributed by atoms with Gasteiger partial charge in [0.15, 0.2) is 5.96 Å². The highest BCUT2D eigenvalue weighted by atomic mass is 32.1. The van der Waals surface area contributed by atoms with Gasteiger partial charge in [0, 0.05) is 48.1 Å². The number of hydrogen-bond acceptors (Lipinski definition) is 3. The molecule has 0 aliphatic rings. The van der Waals surface area contributed by atoms with Crippen molar-refractivity contribution >= 4 is 17.3 Å². The van der Waals surface area contributed by atoms with Crippen LogP contribution >= 0.6 is 11.3 Å². The van der Waals surface area contributed by atoms with Crippen LogP contribution in [0.15, 0.2) is 70.6 Å². The number of rotatable bonds is 7. The van der Waals surface area contributed by atoms with Crippen molar-refractivity contribution in [1.29, 1.82) is 0 Å². The van der Waals surface area contributed by atoms with Gasteiger partial charge in [0.1, 0.15) is 0 Å². The molecule has 0 radical (unpaired) electrons. The molecule has 0 spiro atoms. The smallest absolute Gasteiger partial charge is 0.250 e. The molecule has 1 aromatic carbocycles. The van der Waals surface area contributed by atoms with Crippen molar-refractivity contribution in [2.75, 3.05) is 7.05 Å². The van der Waals surface area contributed by atoms with Crippen molar-refractivity contribution in [3.8, 4) is 0 Å². The van der Waals surface area contributed by atoms with Gasteiger partial charge >= 0.3 is 0 Å². The molecule has 0 saturated carbocycles. The summed E-state index contributed by atoms with van der Waals surface area (Å²) in [6.07, 6.45) is 2.79. The Labute approximate surface area is 176 Å². The molecular formula is C23H28N4OS. The zero-order chi connectivity index (χ0) is 20.6. The van der Waals surface area contributed by atoms with Gasteiger partial charge in [-0.25, -0.2) is 0 Å². The third-order valence-corrected chi connectivity index (χ3v) is 5.67. The quantitative estimate of drug-likeness (QED) is 0.464. The standard InChI is InChI=1S/C23H28N4OS/c1-17(14-21-12-7-18(2)29-21)26-23(24-3)25-15-19-8-10-20(11-9-19)16-27-13-5-4-6-22(27)28/h4-13,17H,14-16H2,1-3H3,(H2,24,25,26). The van der Waals surface area contributed by atoms with E-state index in [1.54, 1.807) is 23.7 Å². The summed E-state index contributed by atoms with van der Waals surface area (Å²) in [5, 5.41) is 6.83. The summed E-state index contributed by atoms with van der Waals surface area (Å²) in [5.74, 6) is 0.797. The number of guanidine groups is 1. The van der Waals surface area contributed by atoms with E-state index in [2.05, 4.69) is 65.9 Å². The van der Waals surface area contributed by atoms with E-state index in [9.17, 15) is 4.79 Å². The first-order valence-electron chi connectivity index (χ1n) is 9.79. The highest BCUT2D eigenvalue weighted by Crippen LogP contribution is 2.16. The molecule has 2 heterocycles. The van der Waals surface area contributed by atoms with Crippen LogP contribution in [0.25, 0.3) is 0 Å². The van der Waals surface area contributed by atoms with Gasteiger partial charge in [-0.3, -0.25) is 9.79 Å². The van der Waals surface area contributed by atoms with E-state index >= 15 is 0 Å². The lowest BCUT2D eigenvalue weighted by Gasteiger charge is -2.17. The van der Waals surface area contributed by atoms with Crippen LogP contribution in [0, 0.1) is 6.92 Å². The third-order valence-electron chi connectivity index (χ3n) is 4.64. The molecule has 152 valence electrons. The van der Waals surface area contributed by atoms with Crippen molar-refractivity contribution in [2.45, 2.75) is 39.4 Å². The average Bonchev–Trinajstić information content (AvgIpc) is 3.12. The first-order valence-corrected chi connectivity index (χ1v) is 10.6. The number of aromatic nitrogens is 1. The Morgan fingerprint density at radius 3 is 2.52 bits per heavy atom. The zero-order valence-electron chi connectivity index (χ0n) is 17.2. The SMILES string of the molecule is CN=C(NCc1ccc(Cn2ccccc2=O)cc1)NC(C)Cc1ccc(C)s1. The van der Waals surface area contributed by atoms with Crippen LogP contribution in [0.4, 0.5) is 0 Å². The zero-order valence-corrected chi connectivity index (χ0v) is 18.0. The topological polar surface area (TPSA) is 58.4 Å². The fourth-order valence-corrected chi connectivity index (χ4v) is 4.13. The van der Waals surface area contributed by atoms with Crippen LogP contribution < -0.4 is 16.2 Å². The minimum absolute atomic E-state index is 0.0138. The van der Waals surface area contributed by atoms with Crippen LogP contribution in [0.2, 0.25) is 0 Å². The lowest BCUT2D eigenvalue weighted by atomic mass is 10.1. The second-order valence-corrected chi connectivity index (χ2v) is 8.54. The van der Waals surface area contributed by atoms with Crippen molar-refractivity contribution < 1.29 is 0 Å². The predicted molar refractivity (Wildman–Crippen MR) is 122 cm³/mol. The van der Waals surface area contributed by atoms with E-state index in [0.29, 0.717) is 19.1 Å². The second-order valence-electron chi connectivity index (χ2n) is 7.17. The molecule has 3 rings (SSSR count). The summed E-state index contributed by atoms with van der Waals surface area (Å²) in [7, 11) is 1.79. The van der Waals surface area contributed by atoms with Crippen LogP contribution in [-0.2, 0) is 19.5 Å². The van der Waals surface area contributed by atoms with E-state index < -0.39 is 0 Å². The molecule has 3 aromatic rings. The number of nitrogens with zero attached hydrogens (tertiary/aromatic N) is 2. The summed E-state index contributed by atoms with van der Waals surface area (Å²) in [6, 6.07) is 18.2. The third kappa shape index (κ3) is 6.32. The molecule has 0 amide bonds. The van der Waals surface area contributed by atoms with Gasteiger partial charge in [-0.2, -0.15) is 0 Å². The van der Waals surface area contributed by atoms with E-state index in [1.165, 1.54) is 15.3 Å². The Bertz CT molecular complexity index is 1000. The minimum Gasteiger partial charge on any atom is -0.354 e. The summed E-state index contributed by atoms with van der Waals surface area (Å²) in [4.78, 5) is 18.9. The number of aliphatic imine (C=N–C) groups is 1. The minimum atomic E-state index is 0.0138. The number of benzene rings is 1. The van der Waals surface area contributed by atoms with Crippen LogP contribution in [0.1, 0.15) is 27.8 Å². The Hall–Kier alpha value is -2.86. The Balaban J connectivity index is 1.50. The summed E-state index contributed by atoms with van der Waals surface area (Å²) < 4.78 is 1.70. The Morgan fingerprint density at radius 2 is 1.86 bits per heavy atom. The number of aryl methyl sites for hydroxylation is 1. The highest BCUT2D eigenvalue weighted by molar-refractivity contribution is 7.11. The molecule has 0 aliphatic carbocycles. The van der Waals surface area contributed by atoms with Crippen LogP contribution in [-0.4, -0.2) is 23.6 Å². The number of pyridine rings is 1. The van der Waals surface area contributed by atoms with Gasteiger partial charge in [0.2, 0.25) is 0 Å². The molecule has 2 aromatic heterocycles. The maximum Gasteiger partial charge on any atom is 0.250 e. The molecule has 5 nitrogen and oxygen atoms in total. The van der Waals surface area contributed by atoms with Gasteiger partial charge in [0.25, 0.3) is 5.56 Å². The second kappa shape index (κ2) is 10.1. The Kier molecular flexibility index (Phi) is 7.25. The number of thiophene rings is 1. The summed E-state index contributed by atoms with van der Waals surface area (Å²) in [6.45, 7) is 5.57. The molecule has 29 heavy (non-hydrogen) atoms. The molecule has 0 saturated heterocycles. The number of nitrogens with one attached hydrogen (secondary N) is 2. The molecular weight excluding hydrogens is 380 g/mol. The van der Waals surface area contributed by atoms with Crippen molar-refractivity contribution in [2.24, 2.45) is 4.99 Å². The average molecular weight is 409 g/mol. The molecule has 2 N–H and O–H groups in total. The normalized spacial score (nSPS) is 12.6.